The molecule has 0 radical (unpaired) electrons. The van der Waals surface area contributed by atoms with Gasteiger partial charge in [0.15, 0.2) is 11.5 Å². The van der Waals surface area contributed by atoms with Crippen molar-refractivity contribution in [1.82, 2.24) is 0 Å². The first kappa shape index (κ1) is 7.92. The Kier molecular flexibility index (Phi) is 1.30. The molecule has 0 aliphatic carbocycles. The molecule has 0 bridgehead atoms. The summed E-state index contributed by atoms with van der Waals surface area (Å²) in [5.41, 5.74) is 0. The molecular weight excluding hydrogens is 172 g/mol. The standard InChI is InChI=1S/C9H14O2S/c1-12(2,3)5-4-8-9(6-12)11-7-10-8/h4-6H,7H2,1-3H3. The van der Waals surface area contributed by atoms with Gasteiger partial charge in [-0.25, -0.2) is 8.75 Å². The fourth-order valence-electron chi connectivity index (χ4n) is 1.25. The van der Waals surface area contributed by atoms with Crippen LogP contribution in [0.4, 0.5) is 0 Å². The summed E-state index contributed by atoms with van der Waals surface area (Å²) in [6.07, 6.45) is 8.82. The fourth-order valence-corrected chi connectivity index (χ4v) is 2.89. The predicted molar refractivity (Wildman–Crippen MR) is 54.6 cm³/mol. The first-order valence-electron chi connectivity index (χ1n) is 3.84. The van der Waals surface area contributed by atoms with E-state index in [0.29, 0.717) is 6.79 Å². The summed E-state index contributed by atoms with van der Waals surface area (Å²) < 4.78 is 10.6. The molecular formula is C9H14O2S. The summed E-state index contributed by atoms with van der Waals surface area (Å²) in [5, 5.41) is 4.45. The highest BCUT2D eigenvalue weighted by molar-refractivity contribution is 8.48. The van der Waals surface area contributed by atoms with Crippen molar-refractivity contribution in [2.45, 2.75) is 0 Å². The largest absolute Gasteiger partial charge is 0.454 e. The molecule has 68 valence electrons. The zero-order chi connectivity index (χ0) is 8.84. The van der Waals surface area contributed by atoms with Crippen molar-refractivity contribution in [1.29, 1.82) is 0 Å². The first-order chi connectivity index (χ1) is 5.44. The summed E-state index contributed by atoms with van der Waals surface area (Å²) in [4.78, 5) is 0. The van der Waals surface area contributed by atoms with Crippen LogP contribution in [0.1, 0.15) is 0 Å². The van der Waals surface area contributed by atoms with E-state index in [9.17, 15) is 0 Å². The van der Waals surface area contributed by atoms with Gasteiger partial charge in [0.25, 0.3) is 0 Å². The Labute approximate surface area is 72.7 Å². The van der Waals surface area contributed by atoms with Gasteiger partial charge in [-0.2, -0.15) is 0 Å². The van der Waals surface area contributed by atoms with Gasteiger partial charge in [-0.05, 0) is 35.6 Å². The fraction of sp³-hybridized carbons (Fsp3) is 0.444. The Morgan fingerprint density at radius 2 is 1.83 bits per heavy atom. The van der Waals surface area contributed by atoms with Crippen molar-refractivity contribution in [3.63, 3.8) is 0 Å². The van der Waals surface area contributed by atoms with Gasteiger partial charge in [-0.3, -0.25) is 0 Å². The normalized spacial score (nSPS) is 32.1. The van der Waals surface area contributed by atoms with Crippen molar-refractivity contribution in [3.8, 4) is 0 Å². The molecule has 0 amide bonds. The number of ether oxygens (including phenoxy) is 2. The second-order valence-corrected chi connectivity index (χ2v) is 10.4. The van der Waals surface area contributed by atoms with Crippen molar-refractivity contribution in [2.75, 3.05) is 25.6 Å². The summed E-state index contributed by atoms with van der Waals surface area (Å²) in [5.74, 6) is 1.81. The van der Waals surface area contributed by atoms with E-state index < -0.39 is 8.75 Å². The number of rotatable bonds is 0. The molecule has 1 fully saturated rings. The van der Waals surface area contributed by atoms with E-state index in [0.717, 1.165) is 11.5 Å². The Morgan fingerprint density at radius 3 is 2.58 bits per heavy atom. The van der Waals surface area contributed by atoms with Gasteiger partial charge in [0.05, 0.1) is 0 Å². The minimum absolute atomic E-state index is 0.369. The molecule has 0 aromatic rings. The van der Waals surface area contributed by atoms with Gasteiger partial charge in [-0.15, -0.1) is 0 Å². The molecule has 12 heavy (non-hydrogen) atoms. The van der Waals surface area contributed by atoms with Crippen LogP contribution >= 0.6 is 8.75 Å². The van der Waals surface area contributed by atoms with Crippen LogP contribution < -0.4 is 0 Å². The van der Waals surface area contributed by atoms with Crippen molar-refractivity contribution < 1.29 is 9.47 Å². The zero-order valence-corrected chi connectivity index (χ0v) is 8.48. The number of allylic oxidation sites excluding steroid dienone is 1. The minimum atomic E-state index is -1.47. The third-order valence-corrected chi connectivity index (χ3v) is 4.07. The summed E-state index contributed by atoms with van der Waals surface area (Å²) in [6.45, 7) is 0.369. The Hall–Kier alpha value is -0.700. The molecule has 2 aliphatic heterocycles. The summed E-state index contributed by atoms with van der Waals surface area (Å²) >= 11 is 0. The van der Waals surface area contributed by atoms with Crippen LogP contribution in [0.5, 0.6) is 0 Å². The van der Waals surface area contributed by atoms with E-state index in [-0.39, 0.29) is 0 Å². The molecule has 0 aromatic carbocycles. The van der Waals surface area contributed by atoms with E-state index in [2.05, 4.69) is 29.5 Å². The summed E-state index contributed by atoms with van der Waals surface area (Å²) in [7, 11) is -1.47. The van der Waals surface area contributed by atoms with Crippen LogP contribution in [0.25, 0.3) is 0 Å². The van der Waals surface area contributed by atoms with Crippen LogP contribution in [0.3, 0.4) is 0 Å². The monoisotopic (exact) mass is 186 g/mol. The first-order valence-corrected chi connectivity index (χ1v) is 7.23. The highest BCUT2D eigenvalue weighted by Crippen LogP contribution is 2.52. The van der Waals surface area contributed by atoms with Gasteiger partial charge >= 0.3 is 0 Å². The van der Waals surface area contributed by atoms with E-state index >= 15 is 0 Å². The van der Waals surface area contributed by atoms with Gasteiger partial charge < -0.3 is 9.47 Å². The average molecular weight is 186 g/mol. The third kappa shape index (κ3) is 1.29. The second-order valence-electron chi connectivity index (χ2n) is 4.33. The molecule has 0 saturated carbocycles. The van der Waals surface area contributed by atoms with Gasteiger partial charge in [0.2, 0.25) is 6.79 Å². The van der Waals surface area contributed by atoms with Crippen molar-refractivity contribution in [3.05, 3.63) is 23.0 Å². The maximum Gasteiger partial charge on any atom is 0.231 e. The molecule has 2 nitrogen and oxygen atoms in total. The van der Waals surface area contributed by atoms with Crippen LogP contribution in [0.2, 0.25) is 0 Å². The Balaban J connectivity index is 2.57. The molecule has 1 saturated heterocycles. The predicted octanol–water partition coefficient (Wildman–Crippen LogP) is 1.76. The van der Waals surface area contributed by atoms with Gasteiger partial charge in [0.1, 0.15) is 0 Å². The molecule has 0 N–H and O–H groups in total. The van der Waals surface area contributed by atoms with Crippen LogP contribution in [0, 0.1) is 0 Å². The van der Waals surface area contributed by atoms with Crippen LogP contribution in [-0.2, 0) is 9.47 Å². The number of hydrogen-bond acceptors (Lipinski definition) is 2. The number of hydrogen-bond donors (Lipinski definition) is 0. The Morgan fingerprint density at radius 1 is 1.17 bits per heavy atom. The minimum Gasteiger partial charge on any atom is -0.454 e. The maximum atomic E-state index is 5.34. The smallest absolute Gasteiger partial charge is 0.231 e. The van der Waals surface area contributed by atoms with E-state index in [1.165, 1.54) is 0 Å². The highest BCUT2D eigenvalue weighted by Gasteiger charge is 2.24. The lowest BCUT2D eigenvalue weighted by atomic mass is 10.4. The van der Waals surface area contributed by atoms with Gasteiger partial charge in [-0.1, -0.05) is 0 Å². The highest BCUT2D eigenvalue weighted by atomic mass is 32.3. The molecule has 2 rings (SSSR count). The SMILES string of the molecule is CS1(C)(C)=CC=C2OCOC2=C1. The molecule has 0 atom stereocenters. The third-order valence-electron chi connectivity index (χ3n) is 1.91. The van der Waals surface area contributed by atoms with Crippen LogP contribution in [-0.4, -0.2) is 30.9 Å². The lowest BCUT2D eigenvalue weighted by molar-refractivity contribution is 0.0980. The van der Waals surface area contributed by atoms with E-state index in [1.807, 2.05) is 6.08 Å². The molecule has 0 unspecified atom stereocenters. The topological polar surface area (TPSA) is 18.5 Å². The quantitative estimate of drug-likeness (QED) is 0.537. The second kappa shape index (κ2) is 1.96. The van der Waals surface area contributed by atoms with E-state index in [1.54, 1.807) is 0 Å². The van der Waals surface area contributed by atoms with Crippen molar-refractivity contribution >= 4 is 14.1 Å². The number of fused-ring (bicyclic) bond motifs is 1. The van der Waals surface area contributed by atoms with E-state index in [4.69, 9.17) is 9.47 Å². The average Bonchev–Trinajstić information content (AvgIpc) is 2.30. The Bertz CT molecular complexity index is 344. The molecule has 3 heteroatoms. The summed E-state index contributed by atoms with van der Waals surface area (Å²) in [6, 6.07) is 0. The molecule has 2 heterocycles. The lowest BCUT2D eigenvalue weighted by Gasteiger charge is -2.34. The maximum absolute atomic E-state index is 5.34. The zero-order valence-electron chi connectivity index (χ0n) is 7.66. The van der Waals surface area contributed by atoms with Gasteiger partial charge in [0, 0.05) is 0 Å². The molecule has 0 aromatic heterocycles. The van der Waals surface area contributed by atoms with Crippen molar-refractivity contribution in [2.24, 2.45) is 0 Å². The van der Waals surface area contributed by atoms with Crippen LogP contribution in [0.15, 0.2) is 23.0 Å². The molecule has 0 spiro atoms. The molecule has 2 aliphatic rings. The lowest BCUT2D eigenvalue weighted by Crippen LogP contribution is -2.06.